The standard InChI is InChI=1S/C23H30N2O3S/c1-6-23(2,3)13-7-9-16-18(11-13)29-22-19(16)21(26)24-20(25-22)15-10-8-14(27-4)12-17(15)28-5/h8,10,12-13,20,25H,6-7,9,11H2,1-5H3,(H,24,26)/t13-,20+/m1/s1. The summed E-state index contributed by atoms with van der Waals surface area (Å²) >= 11 is 1.75. The Bertz CT molecular complexity index is 934. The first-order chi connectivity index (χ1) is 13.9. The van der Waals surface area contributed by atoms with E-state index in [1.165, 1.54) is 16.9 Å². The molecule has 2 aromatic rings. The van der Waals surface area contributed by atoms with Gasteiger partial charge in [-0.25, -0.2) is 0 Å². The molecule has 0 saturated heterocycles. The zero-order chi connectivity index (χ0) is 20.8. The minimum atomic E-state index is -0.321. The van der Waals surface area contributed by atoms with Crippen molar-refractivity contribution in [3.8, 4) is 11.5 Å². The second-order valence-corrected chi connectivity index (χ2v) is 9.75. The molecule has 156 valence electrons. The van der Waals surface area contributed by atoms with Crippen molar-refractivity contribution in [2.75, 3.05) is 19.5 Å². The first-order valence-electron chi connectivity index (χ1n) is 10.3. The highest BCUT2D eigenvalue weighted by molar-refractivity contribution is 7.16. The Morgan fingerprint density at radius 3 is 2.69 bits per heavy atom. The summed E-state index contributed by atoms with van der Waals surface area (Å²) in [4.78, 5) is 14.4. The average molecular weight is 415 g/mol. The summed E-state index contributed by atoms with van der Waals surface area (Å²) in [5.41, 5.74) is 3.32. The molecule has 0 unspecified atom stereocenters. The minimum Gasteiger partial charge on any atom is -0.497 e. The van der Waals surface area contributed by atoms with Crippen molar-refractivity contribution >= 4 is 22.2 Å². The maximum atomic E-state index is 13.0. The van der Waals surface area contributed by atoms with Gasteiger partial charge >= 0.3 is 0 Å². The topological polar surface area (TPSA) is 59.6 Å². The summed E-state index contributed by atoms with van der Waals surface area (Å²) in [5, 5.41) is 7.66. The lowest BCUT2D eigenvalue weighted by atomic mass is 9.69. The molecule has 1 aromatic heterocycles. The van der Waals surface area contributed by atoms with E-state index in [0.717, 1.165) is 41.1 Å². The molecule has 4 rings (SSSR count). The van der Waals surface area contributed by atoms with E-state index in [2.05, 4.69) is 31.4 Å². The molecule has 0 radical (unpaired) electrons. The number of hydrogen-bond donors (Lipinski definition) is 2. The molecule has 1 aliphatic carbocycles. The fourth-order valence-electron chi connectivity index (χ4n) is 4.47. The van der Waals surface area contributed by atoms with Crippen molar-refractivity contribution in [1.82, 2.24) is 5.32 Å². The number of hydrogen-bond acceptors (Lipinski definition) is 5. The van der Waals surface area contributed by atoms with Crippen LogP contribution in [0.25, 0.3) is 0 Å². The number of rotatable bonds is 5. The maximum absolute atomic E-state index is 13.0. The molecule has 0 bridgehead atoms. The molecular weight excluding hydrogens is 384 g/mol. The molecule has 29 heavy (non-hydrogen) atoms. The van der Waals surface area contributed by atoms with Crippen molar-refractivity contribution < 1.29 is 14.3 Å². The summed E-state index contributed by atoms with van der Waals surface area (Å²) in [7, 11) is 3.26. The number of ether oxygens (including phenoxy) is 2. The van der Waals surface area contributed by atoms with Gasteiger partial charge in [-0.3, -0.25) is 4.79 Å². The van der Waals surface area contributed by atoms with Gasteiger partial charge in [0.2, 0.25) is 0 Å². The van der Waals surface area contributed by atoms with Crippen molar-refractivity contribution in [2.24, 2.45) is 11.3 Å². The van der Waals surface area contributed by atoms with Crippen LogP contribution in [0.5, 0.6) is 11.5 Å². The molecule has 2 aliphatic rings. The van der Waals surface area contributed by atoms with Crippen LogP contribution in [0.15, 0.2) is 18.2 Å². The lowest BCUT2D eigenvalue weighted by Gasteiger charge is -2.36. The Kier molecular flexibility index (Phi) is 5.23. The molecule has 5 nitrogen and oxygen atoms in total. The van der Waals surface area contributed by atoms with Crippen LogP contribution in [0, 0.1) is 11.3 Å². The predicted octanol–water partition coefficient (Wildman–Crippen LogP) is 5.16. The molecular formula is C23H30N2O3S. The van der Waals surface area contributed by atoms with Gasteiger partial charge < -0.3 is 20.1 Å². The zero-order valence-electron chi connectivity index (χ0n) is 17.8. The first kappa shape index (κ1) is 20.1. The Labute approximate surface area is 176 Å². The summed E-state index contributed by atoms with van der Waals surface area (Å²) in [6.45, 7) is 7.01. The van der Waals surface area contributed by atoms with Gasteiger partial charge in [0.1, 0.15) is 22.7 Å². The smallest absolute Gasteiger partial charge is 0.256 e. The highest BCUT2D eigenvalue weighted by Gasteiger charge is 2.37. The van der Waals surface area contributed by atoms with E-state index in [0.29, 0.717) is 17.1 Å². The van der Waals surface area contributed by atoms with Gasteiger partial charge in [0.25, 0.3) is 5.91 Å². The van der Waals surface area contributed by atoms with Crippen LogP contribution in [-0.2, 0) is 12.8 Å². The minimum absolute atomic E-state index is 0.00678. The number of thiophene rings is 1. The second kappa shape index (κ2) is 7.56. The van der Waals surface area contributed by atoms with Crippen LogP contribution in [0.4, 0.5) is 5.00 Å². The molecule has 2 N–H and O–H groups in total. The Hall–Kier alpha value is -2.21. The number of amides is 1. The van der Waals surface area contributed by atoms with Gasteiger partial charge in [-0.15, -0.1) is 11.3 Å². The van der Waals surface area contributed by atoms with Gasteiger partial charge in [-0.05, 0) is 48.3 Å². The van der Waals surface area contributed by atoms with Crippen LogP contribution in [0.3, 0.4) is 0 Å². The number of carbonyl (C=O) groups excluding carboxylic acids is 1. The van der Waals surface area contributed by atoms with E-state index in [1.54, 1.807) is 25.6 Å². The monoisotopic (exact) mass is 414 g/mol. The first-order valence-corrected chi connectivity index (χ1v) is 11.1. The largest absolute Gasteiger partial charge is 0.497 e. The fraction of sp³-hybridized carbons (Fsp3) is 0.522. The van der Waals surface area contributed by atoms with E-state index in [-0.39, 0.29) is 12.1 Å². The summed E-state index contributed by atoms with van der Waals surface area (Å²) in [6, 6.07) is 5.67. The average Bonchev–Trinajstić information content (AvgIpc) is 3.11. The second-order valence-electron chi connectivity index (χ2n) is 8.65. The van der Waals surface area contributed by atoms with Crippen molar-refractivity contribution in [3.63, 3.8) is 0 Å². The molecule has 6 heteroatoms. The number of fused-ring (bicyclic) bond motifs is 3. The number of nitrogens with one attached hydrogen (secondary N) is 2. The third-order valence-electron chi connectivity index (χ3n) is 6.81. The van der Waals surface area contributed by atoms with Crippen molar-refractivity contribution in [1.29, 1.82) is 0 Å². The van der Waals surface area contributed by atoms with E-state index in [4.69, 9.17) is 9.47 Å². The van der Waals surface area contributed by atoms with Crippen LogP contribution in [0.1, 0.15) is 66.1 Å². The van der Waals surface area contributed by atoms with Crippen molar-refractivity contribution in [2.45, 2.75) is 52.6 Å². The SMILES string of the molecule is CCC(C)(C)[C@@H]1CCc2c(sc3c2C(=O)N[C@H](c2ccc(OC)cc2OC)N3)C1. The Morgan fingerprint density at radius 1 is 1.21 bits per heavy atom. The van der Waals surface area contributed by atoms with Crippen LogP contribution in [0.2, 0.25) is 0 Å². The van der Waals surface area contributed by atoms with E-state index >= 15 is 0 Å². The summed E-state index contributed by atoms with van der Waals surface area (Å²) in [6.07, 6.45) is 4.06. The molecule has 1 aromatic carbocycles. The number of anilines is 1. The molecule has 1 aliphatic heterocycles. The number of methoxy groups -OCH3 is 2. The van der Waals surface area contributed by atoms with E-state index in [9.17, 15) is 4.79 Å². The maximum Gasteiger partial charge on any atom is 0.256 e. The molecule has 0 saturated carbocycles. The molecule has 2 heterocycles. The van der Waals surface area contributed by atoms with Gasteiger partial charge in [-0.2, -0.15) is 0 Å². The molecule has 0 fully saturated rings. The third-order valence-corrected chi connectivity index (χ3v) is 8.00. The Morgan fingerprint density at radius 2 is 2.00 bits per heavy atom. The van der Waals surface area contributed by atoms with Gasteiger partial charge in [0.15, 0.2) is 0 Å². The highest BCUT2D eigenvalue weighted by Crippen LogP contribution is 2.47. The van der Waals surface area contributed by atoms with E-state index in [1.807, 2.05) is 18.2 Å². The van der Waals surface area contributed by atoms with Gasteiger partial charge in [0, 0.05) is 16.5 Å². The number of carbonyl (C=O) groups is 1. The zero-order valence-corrected chi connectivity index (χ0v) is 18.7. The lowest BCUT2D eigenvalue weighted by Crippen LogP contribution is -2.38. The van der Waals surface area contributed by atoms with Gasteiger partial charge in [0.05, 0.1) is 19.8 Å². The van der Waals surface area contributed by atoms with Gasteiger partial charge in [-0.1, -0.05) is 27.2 Å². The molecule has 1 amide bonds. The quantitative estimate of drug-likeness (QED) is 0.709. The van der Waals surface area contributed by atoms with Crippen LogP contribution >= 0.6 is 11.3 Å². The number of benzene rings is 1. The molecule has 2 atom stereocenters. The normalized spacial score (nSPS) is 20.9. The Balaban J connectivity index is 1.64. The van der Waals surface area contributed by atoms with Crippen LogP contribution in [-0.4, -0.2) is 20.1 Å². The summed E-state index contributed by atoms with van der Waals surface area (Å²) < 4.78 is 10.8. The fourth-order valence-corrected chi connectivity index (χ4v) is 5.82. The van der Waals surface area contributed by atoms with Crippen molar-refractivity contribution in [3.05, 3.63) is 39.8 Å². The lowest BCUT2D eigenvalue weighted by molar-refractivity contribution is 0.0934. The molecule has 0 spiro atoms. The summed E-state index contributed by atoms with van der Waals surface area (Å²) in [5.74, 6) is 2.09. The van der Waals surface area contributed by atoms with Crippen LogP contribution < -0.4 is 20.1 Å². The third kappa shape index (κ3) is 3.48. The highest BCUT2D eigenvalue weighted by atomic mass is 32.1. The van der Waals surface area contributed by atoms with E-state index < -0.39 is 0 Å². The predicted molar refractivity (Wildman–Crippen MR) is 117 cm³/mol.